The highest BCUT2D eigenvalue weighted by molar-refractivity contribution is 7.99. The van der Waals surface area contributed by atoms with E-state index in [4.69, 9.17) is 15.6 Å². The lowest BCUT2D eigenvalue weighted by atomic mass is 10.3. The van der Waals surface area contributed by atoms with E-state index < -0.39 is 11.9 Å². The molecule has 0 unspecified atom stereocenters. The number of carboxylic acid groups (broad SMARTS) is 1. The Kier molecular flexibility index (Phi) is 4.14. The smallest absolute Gasteiger partial charge is 0.313 e. The van der Waals surface area contributed by atoms with Gasteiger partial charge in [-0.2, -0.15) is 0 Å². The zero-order chi connectivity index (χ0) is 14.7. The molecule has 8 heteroatoms. The summed E-state index contributed by atoms with van der Waals surface area (Å²) in [5, 5.41) is 9.17. The summed E-state index contributed by atoms with van der Waals surface area (Å²) in [5.41, 5.74) is 6.56. The largest absolute Gasteiger partial charge is 0.497 e. The van der Waals surface area contributed by atoms with E-state index in [-0.39, 0.29) is 12.3 Å². The number of carbonyl (C=O) groups is 2. The zero-order valence-corrected chi connectivity index (χ0v) is 11.5. The third-order valence-corrected chi connectivity index (χ3v) is 3.52. The molecule has 0 radical (unpaired) electrons. The van der Waals surface area contributed by atoms with E-state index in [9.17, 15) is 9.59 Å². The minimum atomic E-state index is -0.953. The Morgan fingerprint density at radius 2 is 2.25 bits per heavy atom. The van der Waals surface area contributed by atoms with Crippen LogP contribution in [0.2, 0.25) is 0 Å². The molecule has 1 amide bonds. The maximum absolute atomic E-state index is 11.2. The molecule has 1 aromatic heterocycles. The van der Waals surface area contributed by atoms with Crippen LogP contribution in [-0.2, 0) is 16.1 Å². The lowest BCUT2D eigenvalue weighted by Gasteiger charge is -2.06. The summed E-state index contributed by atoms with van der Waals surface area (Å²) in [7, 11) is 1.54. The van der Waals surface area contributed by atoms with Gasteiger partial charge in [-0.05, 0) is 12.1 Å². The molecule has 0 fully saturated rings. The van der Waals surface area contributed by atoms with Gasteiger partial charge >= 0.3 is 5.97 Å². The molecule has 2 rings (SSSR count). The van der Waals surface area contributed by atoms with E-state index in [1.54, 1.807) is 22.8 Å². The molecule has 0 saturated heterocycles. The minimum absolute atomic E-state index is 0.0639. The highest BCUT2D eigenvalue weighted by Crippen LogP contribution is 2.26. The lowest BCUT2D eigenvalue weighted by Crippen LogP contribution is -2.19. The number of amides is 1. The molecule has 1 heterocycles. The van der Waals surface area contributed by atoms with Crippen molar-refractivity contribution < 1.29 is 19.4 Å². The van der Waals surface area contributed by atoms with Crippen molar-refractivity contribution in [3.05, 3.63) is 18.2 Å². The fourth-order valence-corrected chi connectivity index (χ4v) is 2.49. The van der Waals surface area contributed by atoms with E-state index in [0.717, 1.165) is 11.8 Å². The van der Waals surface area contributed by atoms with Crippen LogP contribution in [0, 0.1) is 0 Å². The standard InChI is InChI=1S/C12H13N3O4S/c1-19-7-2-3-8-9(4-7)15(5-10(13)16)12(14-8)20-6-11(17)18/h2-4H,5-6H2,1H3,(H2,13,16)(H,17,18). The third kappa shape index (κ3) is 3.02. The topological polar surface area (TPSA) is 107 Å². The first-order valence-corrected chi connectivity index (χ1v) is 6.67. The molecule has 0 aliphatic rings. The second-order valence-electron chi connectivity index (χ2n) is 3.98. The number of aromatic nitrogens is 2. The lowest BCUT2D eigenvalue weighted by molar-refractivity contribution is -0.133. The van der Waals surface area contributed by atoms with Gasteiger partial charge in [-0.25, -0.2) is 4.98 Å². The minimum Gasteiger partial charge on any atom is -0.497 e. The average Bonchev–Trinajstić information content (AvgIpc) is 2.73. The highest BCUT2D eigenvalue weighted by Gasteiger charge is 2.15. The number of rotatable bonds is 6. The van der Waals surface area contributed by atoms with Crippen LogP contribution in [0.15, 0.2) is 23.4 Å². The predicted molar refractivity (Wildman–Crippen MR) is 73.8 cm³/mol. The van der Waals surface area contributed by atoms with Crippen LogP contribution in [0.1, 0.15) is 0 Å². The Hall–Kier alpha value is -2.22. The van der Waals surface area contributed by atoms with Crippen LogP contribution >= 0.6 is 11.8 Å². The van der Waals surface area contributed by atoms with Crippen molar-refractivity contribution in [1.29, 1.82) is 0 Å². The zero-order valence-electron chi connectivity index (χ0n) is 10.7. The van der Waals surface area contributed by atoms with Crippen molar-refractivity contribution in [2.45, 2.75) is 11.7 Å². The number of carboxylic acids is 1. The van der Waals surface area contributed by atoms with E-state index in [2.05, 4.69) is 4.98 Å². The molecular formula is C12H13N3O4S. The first-order chi connectivity index (χ1) is 9.51. The molecule has 106 valence electrons. The van der Waals surface area contributed by atoms with Crippen LogP contribution in [0.4, 0.5) is 0 Å². The summed E-state index contributed by atoms with van der Waals surface area (Å²) in [6.45, 7) is -0.0639. The first kappa shape index (κ1) is 14.2. The van der Waals surface area contributed by atoms with Crippen molar-refractivity contribution >= 4 is 34.7 Å². The van der Waals surface area contributed by atoms with Crippen LogP contribution in [0.5, 0.6) is 5.75 Å². The van der Waals surface area contributed by atoms with Crippen molar-refractivity contribution in [3.63, 3.8) is 0 Å². The molecule has 0 aliphatic heterocycles. The third-order valence-electron chi connectivity index (χ3n) is 2.56. The molecule has 2 aromatic rings. The number of imidazole rings is 1. The van der Waals surface area contributed by atoms with Crippen molar-refractivity contribution in [3.8, 4) is 5.75 Å². The number of nitrogens with zero attached hydrogens (tertiary/aromatic N) is 2. The van der Waals surface area contributed by atoms with Crippen molar-refractivity contribution in [2.24, 2.45) is 5.73 Å². The SMILES string of the molecule is COc1ccc2nc(SCC(=O)O)n(CC(N)=O)c2c1. The summed E-state index contributed by atoms with van der Waals surface area (Å²) in [6.07, 6.45) is 0. The molecular weight excluding hydrogens is 282 g/mol. The van der Waals surface area contributed by atoms with Gasteiger partial charge in [0.15, 0.2) is 5.16 Å². The van der Waals surface area contributed by atoms with E-state index >= 15 is 0 Å². The number of thioether (sulfide) groups is 1. The number of hydrogen-bond acceptors (Lipinski definition) is 5. The Morgan fingerprint density at radius 3 is 2.85 bits per heavy atom. The number of ether oxygens (including phenoxy) is 1. The van der Waals surface area contributed by atoms with Crippen molar-refractivity contribution in [1.82, 2.24) is 9.55 Å². The molecule has 0 atom stereocenters. The Bertz CT molecular complexity index is 668. The number of aliphatic carboxylic acids is 1. The second-order valence-corrected chi connectivity index (χ2v) is 4.93. The Balaban J connectivity index is 2.48. The number of hydrogen-bond donors (Lipinski definition) is 2. The second kappa shape index (κ2) is 5.83. The number of carbonyl (C=O) groups excluding carboxylic acids is 1. The van der Waals surface area contributed by atoms with Crippen LogP contribution in [0.3, 0.4) is 0 Å². The van der Waals surface area contributed by atoms with Gasteiger partial charge in [-0.15, -0.1) is 0 Å². The number of benzene rings is 1. The summed E-state index contributed by atoms with van der Waals surface area (Å²) < 4.78 is 6.72. The number of fused-ring (bicyclic) bond motifs is 1. The molecule has 20 heavy (non-hydrogen) atoms. The average molecular weight is 295 g/mol. The first-order valence-electron chi connectivity index (χ1n) is 5.68. The van der Waals surface area contributed by atoms with Crippen LogP contribution < -0.4 is 10.5 Å². The maximum atomic E-state index is 11.2. The van der Waals surface area contributed by atoms with Crippen molar-refractivity contribution in [2.75, 3.05) is 12.9 Å². The van der Waals surface area contributed by atoms with Gasteiger partial charge in [-0.1, -0.05) is 11.8 Å². The molecule has 1 aromatic carbocycles. The summed E-state index contributed by atoms with van der Waals surface area (Å²) in [5.74, 6) is -0.994. The molecule has 0 aliphatic carbocycles. The normalized spacial score (nSPS) is 10.7. The molecule has 0 spiro atoms. The number of nitrogens with two attached hydrogens (primary N) is 1. The van der Waals surface area contributed by atoms with E-state index in [1.807, 2.05) is 0 Å². The van der Waals surface area contributed by atoms with Gasteiger partial charge in [0.1, 0.15) is 12.3 Å². The van der Waals surface area contributed by atoms with Gasteiger partial charge in [0.2, 0.25) is 5.91 Å². The monoisotopic (exact) mass is 295 g/mol. The fourth-order valence-electron chi connectivity index (χ4n) is 1.75. The molecule has 0 saturated carbocycles. The Labute approximate surface area is 118 Å². The molecule has 7 nitrogen and oxygen atoms in total. The maximum Gasteiger partial charge on any atom is 0.313 e. The fraction of sp³-hybridized carbons (Fsp3) is 0.250. The van der Waals surface area contributed by atoms with Gasteiger partial charge in [0.05, 0.1) is 23.9 Å². The number of primary amides is 1. The van der Waals surface area contributed by atoms with Gasteiger partial charge in [-0.3, -0.25) is 9.59 Å². The summed E-state index contributed by atoms with van der Waals surface area (Å²) >= 11 is 1.04. The van der Waals surface area contributed by atoms with Crippen LogP contribution in [0.25, 0.3) is 11.0 Å². The quantitative estimate of drug-likeness (QED) is 0.760. The summed E-state index contributed by atoms with van der Waals surface area (Å²) in [6, 6.07) is 5.22. The molecule has 0 bridgehead atoms. The van der Waals surface area contributed by atoms with Gasteiger partial charge < -0.3 is 20.1 Å². The predicted octanol–water partition coefficient (Wildman–Crippen LogP) is 0.707. The Morgan fingerprint density at radius 1 is 1.50 bits per heavy atom. The molecule has 3 N–H and O–H groups in total. The van der Waals surface area contributed by atoms with Crippen LogP contribution in [-0.4, -0.2) is 39.4 Å². The summed E-state index contributed by atoms with van der Waals surface area (Å²) in [4.78, 5) is 26.1. The van der Waals surface area contributed by atoms with Gasteiger partial charge in [0, 0.05) is 6.07 Å². The number of methoxy groups -OCH3 is 1. The van der Waals surface area contributed by atoms with E-state index in [1.165, 1.54) is 7.11 Å². The highest BCUT2D eigenvalue weighted by atomic mass is 32.2. The van der Waals surface area contributed by atoms with E-state index in [0.29, 0.717) is 21.9 Å². The van der Waals surface area contributed by atoms with Gasteiger partial charge in [0.25, 0.3) is 0 Å².